The van der Waals surface area contributed by atoms with Crippen molar-refractivity contribution in [2.75, 3.05) is 0 Å². The molecule has 24 heavy (non-hydrogen) atoms. The fraction of sp³-hybridized carbons (Fsp3) is 0.286. The van der Waals surface area contributed by atoms with Crippen LogP contribution in [0.1, 0.15) is 43.7 Å². The molecule has 0 aliphatic carbocycles. The number of hydrogen-bond acceptors (Lipinski definition) is 2. The quantitative estimate of drug-likeness (QED) is 0.604. The lowest BCUT2D eigenvalue weighted by Gasteiger charge is -2.36. The molecule has 0 radical (unpaired) electrons. The highest BCUT2D eigenvalue weighted by Gasteiger charge is 2.40. The summed E-state index contributed by atoms with van der Waals surface area (Å²) in [5.41, 5.74) is 4.05. The monoisotopic (exact) mass is 318 g/mol. The Labute approximate surface area is 142 Å². The minimum atomic E-state index is -0.465. The number of benzene rings is 2. The molecule has 0 bridgehead atoms. The zero-order valence-electron chi connectivity index (χ0n) is 14.0. The summed E-state index contributed by atoms with van der Waals surface area (Å²) in [5.74, 6) is 0. The molecule has 1 N–H and O–H groups in total. The Hall–Kier alpha value is -2.55. The van der Waals surface area contributed by atoms with Crippen LogP contribution < -0.4 is 0 Å². The molecular formula is C21H22N2O. The molecule has 1 aliphatic heterocycles. The summed E-state index contributed by atoms with van der Waals surface area (Å²) in [6.07, 6.45) is 8.19. The first-order valence-corrected chi connectivity index (χ1v) is 8.71. The topological polar surface area (TPSA) is 37.4 Å². The minimum Gasteiger partial charge on any atom is -0.467 e. The Morgan fingerprint density at radius 3 is 2.75 bits per heavy atom. The van der Waals surface area contributed by atoms with Crippen molar-refractivity contribution in [3.05, 3.63) is 65.9 Å². The molecule has 0 fully saturated rings. The van der Waals surface area contributed by atoms with Crippen LogP contribution in [0.4, 0.5) is 5.69 Å². The third-order valence-electron chi connectivity index (χ3n) is 4.94. The van der Waals surface area contributed by atoms with Crippen LogP contribution in [0.25, 0.3) is 10.9 Å². The van der Waals surface area contributed by atoms with E-state index in [0.717, 1.165) is 29.6 Å². The Morgan fingerprint density at radius 1 is 1.00 bits per heavy atom. The zero-order chi connectivity index (χ0) is 16.4. The average molecular weight is 318 g/mol. The third-order valence-corrected chi connectivity index (χ3v) is 4.94. The van der Waals surface area contributed by atoms with Gasteiger partial charge in [-0.25, -0.2) is 4.99 Å². The van der Waals surface area contributed by atoms with E-state index in [-0.39, 0.29) is 0 Å². The molecule has 1 unspecified atom stereocenters. The number of fused-ring (bicyclic) bond motifs is 2. The number of nitrogens with zero attached hydrogens (tertiary/aromatic N) is 1. The zero-order valence-corrected chi connectivity index (χ0v) is 14.0. The molecule has 3 aromatic rings. The lowest BCUT2D eigenvalue weighted by atomic mass is 9.80. The van der Waals surface area contributed by atoms with Crippen molar-refractivity contribution in [3.8, 4) is 0 Å². The van der Waals surface area contributed by atoms with Crippen molar-refractivity contribution in [2.45, 2.75) is 38.2 Å². The number of rotatable bonds is 5. The van der Waals surface area contributed by atoms with Crippen LogP contribution in [0.15, 0.2) is 59.7 Å². The summed E-state index contributed by atoms with van der Waals surface area (Å²) >= 11 is 0. The molecule has 3 heteroatoms. The van der Waals surface area contributed by atoms with E-state index in [9.17, 15) is 0 Å². The molecule has 4 rings (SSSR count). The van der Waals surface area contributed by atoms with Crippen molar-refractivity contribution in [1.82, 2.24) is 4.98 Å². The predicted molar refractivity (Wildman–Crippen MR) is 98.9 cm³/mol. The van der Waals surface area contributed by atoms with Crippen LogP contribution in [0, 0.1) is 0 Å². The molecule has 2 aromatic carbocycles. The Morgan fingerprint density at radius 2 is 1.83 bits per heavy atom. The number of nitrogens with one attached hydrogen (secondary N) is 1. The lowest BCUT2D eigenvalue weighted by molar-refractivity contribution is 0.0902. The molecule has 1 aliphatic rings. The van der Waals surface area contributed by atoms with Crippen molar-refractivity contribution >= 4 is 23.0 Å². The van der Waals surface area contributed by atoms with Gasteiger partial charge in [0, 0.05) is 28.2 Å². The number of unbranched alkanes of at least 4 members (excludes halogenated alkanes) is 2. The molecule has 0 saturated carbocycles. The van der Waals surface area contributed by atoms with Crippen molar-refractivity contribution in [3.63, 3.8) is 0 Å². The van der Waals surface area contributed by atoms with Gasteiger partial charge in [-0.3, -0.25) is 0 Å². The van der Waals surface area contributed by atoms with E-state index in [1.807, 2.05) is 6.07 Å². The van der Waals surface area contributed by atoms with Gasteiger partial charge in [0.25, 0.3) is 0 Å². The molecule has 0 saturated heterocycles. The minimum absolute atomic E-state index is 0.465. The number of aromatic amines is 1. The van der Waals surface area contributed by atoms with Gasteiger partial charge in [-0.15, -0.1) is 0 Å². The summed E-state index contributed by atoms with van der Waals surface area (Å²) in [6, 6.07) is 16.8. The maximum absolute atomic E-state index is 6.28. The Bertz CT molecular complexity index is 880. The van der Waals surface area contributed by atoms with E-state index < -0.39 is 5.60 Å². The smallest absolute Gasteiger partial charge is 0.176 e. The normalized spacial score (nSPS) is 19.2. The number of aromatic nitrogens is 1. The first-order chi connectivity index (χ1) is 11.8. The number of H-pyrrole nitrogens is 1. The standard InChI is InChI=1S/C21H22N2O/c1-2-3-8-13-21(17-10-5-7-12-20(17)23-15-24-21)18-14-22-19-11-6-4-9-16(18)19/h4-7,9-12,14-15,22H,2-3,8,13H2,1H3. The van der Waals surface area contributed by atoms with Crippen LogP contribution in [-0.2, 0) is 10.3 Å². The number of ether oxygens (including phenoxy) is 1. The highest BCUT2D eigenvalue weighted by molar-refractivity contribution is 5.85. The fourth-order valence-corrected chi connectivity index (χ4v) is 3.73. The van der Waals surface area contributed by atoms with Crippen LogP contribution >= 0.6 is 0 Å². The number of para-hydroxylation sites is 2. The van der Waals surface area contributed by atoms with Gasteiger partial charge in [-0.05, 0) is 25.0 Å². The average Bonchev–Trinajstić information content (AvgIpc) is 3.07. The SMILES string of the molecule is CCCCCC1(c2c[nH]c3ccccc23)OC=Nc2ccccc21. The molecule has 1 aromatic heterocycles. The first kappa shape index (κ1) is 15.0. The second-order valence-electron chi connectivity index (χ2n) is 6.40. The molecule has 0 amide bonds. The van der Waals surface area contributed by atoms with E-state index in [4.69, 9.17) is 4.74 Å². The van der Waals surface area contributed by atoms with E-state index >= 15 is 0 Å². The molecule has 1 atom stereocenters. The maximum Gasteiger partial charge on any atom is 0.176 e. The van der Waals surface area contributed by atoms with Crippen molar-refractivity contribution in [1.29, 1.82) is 0 Å². The van der Waals surface area contributed by atoms with E-state index in [1.165, 1.54) is 23.8 Å². The van der Waals surface area contributed by atoms with Gasteiger partial charge in [-0.2, -0.15) is 0 Å². The van der Waals surface area contributed by atoms with Gasteiger partial charge in [0.2, 0.25) is 0 Å². The van der Waals surface area contributed by atoms with Crippen LogP contribution in [-0.4, -0.2) is 11.4 Å². The van der Waals surface area contributed by atoms with Crippen molar-refractivity contribution in [2.24, 2.45) is 4.99 Å². The molecule has 0 spiro atoms. The van der Waals surface area contributed by atoms with E-state index in [1.54, 1.807) is 6.40 Å². The predicted octanol–water partition coefficient (Wildman–Crippen LogP) is 5.68. The second kappa shape index (κ2) is 6.16. The van der Waals surface area contributed by atoms with Gasteiger partial charge >= 0.3 is 0 Å². The third kappa shape index (κ3) is 2.32. The first-order valence-electron chi connectivity index (χ1n) is 8.71. The summed E-state index contributed by atoms with van der Waals surface area (Å²) in [6.45, 7) is 2.23. The summed E-state index contributed by atoms with van der Waals surface area (Å²) < 4.78 is 6.28. The summed E-state index contributed by atoms with van der Waals surface area (Å²) in [5, 5.41) is 1.22. The maximum atomic E-state index is 6.28. The summed E-state index contributed by atoms with van der Waals surface area (Å²) in [4.78, 5) is 7.86. The van der Waals surface area contributed by atoms with Crippen LogP contribution in [0.5, 0.6) is 0 Å². The van der Waals surface area contributed by atoms with Gasteiger partial charge in [-0.1, -0.05) is 56.2 Å². The van der Waals surface area contributed by atoms with Gasteiger partial charge in [0.15, 0.2) is 12.0 Å². The molecular weight excluding hydrogens is 296 g/mol. The Kier molecular flexibility index (Phi) is 3.85. The van der Waals surface area contributed by atoms with Crippen LogP contribution in [0.3, 0.4) is 0 Å². The number of hydrogen-bond donors (Lipinski definition) is 1. The molecule has 122 valence electrons. The fourth-order valence-electron chi connectivity index (χ4n) is 3.73. The van der Waals surface area contributed by atoms with E-state index in [2.05, 4.69) is 65.6 Å². The van der Waals surface area contributed by atoms with Crippen LogP contribution in [0.2, 0.25) is 0 Å². The largest absolute Gasteiger partial charge is 0.467 e. The van der Waals surface area contributed by atoms with Gasteiger partial charge in [0.05, 0.1) is 5.69 Å². The number of aliphatic imine (C=N–C) groups is 1. The van der Waals surface area contributed by atoms with Gasteiger partial charge < -0.3 is 9.72 Å². The van der Waals surface area contributed by atoms with E-state index in [0.29, 0.717) is 0 Å². The van der Waals surface area contributed by atoms with Crippen molar-refractivity contribution < 1.29 is 4.74 Å². The second-order valence-corrected chi connectivity index (χ2v) is 6.40. The highest BCUT2D eigenvalue weighted by atomic mass is 16.5. The highest BCUT2D eigenvalue weighted by Crippen LogP contribution is 2.46. The van der Waals surface area contributed by atoms with Gasteiger partial charge in [0.1, 0.15) is 0 Å². The lowest BCUT2D eigenvalue weighted by Crippen LogP contribution is -2.32. The summed E-state index contributed by atoms with van der Waals surface area (Å²) in [7, 11) is 0. The Balaban J connectivity index is 1.91. The molecule has 3 nitrogen and oxygen atoms in total. The molecule has 2 heterocycles.